The van der Waals surface area contributed by atoms with Gasteiger partial charge in [0.15, 0.2) is 0 Å². The van der Waals surface area contributed by atoms with Gasteiger partial charge >= 0.3 is 0 Å². The van der Waals surface area contributed by atoms with Crippen LogP contribution in [-0.2, 0) is 4.74 Å². The second-order valence-corrected chi connectivity index (χ2v) is 4.85. The second kappa shape index (κ2) is 6.19. The standard InChI is InChI=1S/C12H23N3O/c1-12(10-13,14-2)5-7-15-6-4-11(8-15)9-16-3/h11,14H,4-9H2,1-3H3. The van der Waals surface area contributed by atoms with Crippen molar-refractivity contribution in [3.05, 3.63) is 0 Å². The maximum absolute atomic E-state index is 9.04. The van der Waals surface area contributed by atoms with E-state index < -0.39 is 0 Å². The van der Waals surface area contributed by atoms with Crippen LogP contribution in [-0.4, -0.2) is 50.8 Å². The number of likely N-dealkylation sites (tertiary alicyclic amines) is 1. The van der Waals surface area contributed by atoms with Gasteiger partial charge in [0.05, 0.1) is 12.7 Å². The Morgan fingerprint density at radius 2 is 2.38 bits per heavy atom. The summed E-state index contributed by atoms with van der Waals surface area (Å²) in [6.07, 6.45) is 2.09. The molecule has 4 nitrogen and oxygen atoms in total. The van der Waals surface area contributed by atoms with Crippen molar-refractivity contribution in [3.8, 4) is 6.07 Å². The lowest BCUT2D eigenvalue weighted by Crippen LogP contribution is -2.41. The van der Waals surface area contributed by atoms with Crippen LogP contribution in [0.25, 0.3) is 0 Å². The zero-order valence-corrected chi connectivity index (χ0v) is 10.6. The summed E-state index contributed by atoms with van der Waals surface area (Å²) in [5.41, 5.74) is -0.390. The molecule has 0 amide bonds. The molecule has 1 rings (SSSR count). The van der Waals surface area contributed by atoms with Gasteiger partial charge in [0.2, 0.25) is 0 Å². The fourth-order valence-corrected chi connectivity index (χ4v) is 2.11. The van der Waals surface area contributed by atoms with Gasteiger partial charge in [-0.2, -0.15) is 5.26 Å². The summed E-state index contributed by atoms with van der Waals surface area (Å²) >= 11 is 0. The van der Waals surface area contributed by atoms with E-state index in [9.17, 15) is 0 Å². The van der Waals surface area contributed by atoms with E-state index in [1.165, 1.54) is 6.42 Å². The predicted molar refractivity (Wildman–Crippen MR) is 64.1 cm³/mol. The number of hydrogen-bond donors (Lipinski definition) is 1. The largest absolute Gasteiger partial charge is 0.384 e. The molecule has 1 N–H and O–H groups in total. The molecule has 0 aromatic carbocycles. The number of nitrogens with one attached hydrogen (secondary N) is 1. The summed E-state index contributed by atoms with van der Waals surface area (Å²) in [5.74, 6) is 0.674. The van der Waals surface area contributed by atoms with Gasteiger partial charge in [-0.1, -0.05) is 0 Å². The lowest BCUT2D eigenvalue weighted by Gasteiger charge is -2.24. The van der Waals surface area contributed by atoms with E-state index >= 15 is 0 Å². The number of methoxy groups -OCH3 is 1. The number of hydrogen-bond acceptors (Lipinski definition) is 4. The SMILES string of the molecule is CNC(C)(C#N)CCN1CCC(COC)C1. The van der Waals surface area contributed by atoms with Crippen molar-refractivity contribution in [2.45, 2.75) is 25.3 Å². The Bertz CT molecular complexity index is 251. The molecule has 0 radical (unpaired) electrons. The summed E-state index contributed by atoms with van der Waals surface area (Å²) in [6.45, 7) is 6.05. The van der Waals surface area contributed by atoms with Gasteiger partial charge in [0, 0.05) is 20.2 Å². The van der Waals surface area contributed by atoms with Gasteiger partial charge in [0.1, 0.15) is 5.54 Å². The van der Waals surface area contributed by atoms with E-state index in [-0.39, 0.29) is 5.54 Å². The minimum Gasteiger partial charge on any atom is -0.384 e. The van der Waals surface area contributed by atoms with E-state index in [1.807, 2.05) is 14.0 Å². The van der Waals surface area contributed by atoms with Gasteiger partial charge < -0.3 is 15.0 Å². The third-order valence-electron chi connectivity index (χ3n) is 3.50. The Morgan fingerprint density at radius 3 is 2.94 bits per heavy atom. The second-order valence-electron chi connectivity index (χ2n) is 4.85. The molecule has 0 aliphatic carbocycles. The van der Waals surface area contributed by atoms with Crippen LogP contribution >= 0.6 is 0 Å². The quantitative estimate of drug-likeness (QED) is 0.728. The van der Waals surface area contributed by atoms with Crippen LogP contribution in [0.5, 0.6) is 0 Å². The van der Waals surface area contributed by atoms with Crippen LogP contribution in [0.2, 0.25) is 0 Å². The first-order valence-corrected chi connectivity index (χ1v) is 5.95. The van der Waals surface area contributed by atoms with E-state index in [2.05, 4.69) is 16.3 Å². The lowest BCUT2D eigenvalue weighted by molar-refractivity contribution is 0.152. The van der Waals surface area contributed by atoms with Crippen LogP contribution < -0.4 is 5.32 Å². The fourth-order valence-electron chi connectivity index (χ4n) is 2.11. The summed E-state index contributed by atoms with van der Waals surface area (Å²) < 4.78 is 5.17. The highest BCUT2D eigenvalue weighted by atomic mass is 16.5. The first-order chi connectivity index (χ1) is 7.63. The first-order valence-electron chi connectivity index (χ1n) is 5.95. The number of rotatable bonds is 6. The lowest BCUT2D eigenvalue weighted by atomic mass is 10.0. The molecule has 1 fully saturated rings. The van der Waals surface area contributed by atoms with Crippen molar-refractivity contribution in [1.82, 2.24) is 10.2 Å². The highest BCUT2D eigenvalue weighted by Gasteiger charge is 2.26. The summed E-state index contributed by atoms with van der Waals surface area (Å²) in [7, 11) is 3.61. The van der Waals surface area contributed by atoms with Crippen LogP contribution in [0.1, 0.15) is 19.8 Å². The summed E-state index contributed by atoms with van der Waals surface area (Å²) in [5, 5.41) is 12.1. The fraction of sp³-hybridized carbons (Fsp3) is 0.917. The van der Waals surface area contributed by atoms with Gasteiger partial charge in [-0.3, -0.25) is 0 Å². The Kier molecular flexibility index (Phi) is 5.20. The van der Waals surface area contributed by atoms with Crippen molar-refractivity contribution >= 4 is 0 Å². The molecule has 1 heterocycles. The third kappa shape index (κ3) is 3.75. The topological polar surface area (TPSA) is 48.3 Å². The number of nitriles is 1. The molecule has 1 aliphatic heterocycles. The molecule has 0 spiro atoms. The van der Waals surface area contributed by atoms with Crippen LogP contribution in [0.4, 0.5) is 0 Å². The van der Waals surface area contributed by atoms with Crippen molar-refractivity contribution in [2.24, 2.45) is 5.92 Å². The molecule has 92 valence electrons. The van der Waals surface area contributed by atoms with Crippen LogP contribution in [0.3, 0.4) is 0 Å². The maximum Gasteiger partial charge on any atom is 0.104 e. The number of ether oxygens (including phenoxy) is 1. The van der Waals surface area contributed by atoms with E-state index in [4.69, 9.17) is 10.00 Å². The Labute approximate surface area is 98.6 Å². The molecule has 16 heavy (non-hydrogen) atoms. The van der Waals surface area contributed by atoms with Gasteiger partial charge in [-0.25, -0.2) is 0 Å². The minimum atomic E-state index is -0.390. The van der Waals surface area contributed by atoms with E-state index in [0.29, 0.717) is 5.92 Å². The van der Waals surface area contributed by atoms with Crippen molar-refractivity contribution in [3.63, 3.8) is 0 Å². The predicted octanol–water partition coefficient (Wildman–Crippen LogP) is 0.846. The highest BCUT2D eigenvalue weighted by Crippen LogP contribution is 2.18. The highest BCUT2D eigenvalue weighted by molar-refractivity contribution is 5.03. The minimum absolute atomic E-state index is 0.390. The Hall–Kier alpha value is -0.630. The summed E-state index contributed by atoms with van der Waals surface area (Å²) in [4.78, 5) is 2.43. The van der Waals surface area contributed by atoms with Gasteiger partial charge in [-0.05, 0) is 39.3 Å². The smallest absolute Gasteiger partial charge is 0.104 e. The Morgan fingerprint density at radius 1 is 1.62 bits per heavy atom. The monoisotopic (exact) mass is 225 g/mol. The average molecular weight is 225 g/mol. The van der Waals surface area contributed by atoms with Crippen molar-refractivity contribution in [2.75, 3.05) is 40.4 Å². The molecule has 2 atom stereocenters. The first kappa shape index (κ1) is 13.4. The van der Waals surface area contributed by atoms with Crippen LogP contribution in [0.15, 0.2) is 0 Å². The van der Waals surface area contributed by atoms with Crippen LogP contribution in [0, 0.1) is 17.2 Å². The van der Waals surface area contributed by atoms with E-state index in [1.54, 1.807) is 7.11 Å². The molecule has 0 aromatic rings. The zero-order valence-electron chi connectivity index (χ0n) is 10.6. The molecule has 1 aliphatic rings. The normalized spacial score (nSPS) is 25.2. The number of nitrogens with zero attached hydrogens (tertiary/aromatic N) is 2. The molecule has 0 saturated carbocycles. The average Bonchev–Trinajstić information content (AvgIpc) is 2.74. The molecule has 0 bridgehead atoms. The maximum atomic E-state index is 9.04. The van der Waals surface area contributed by atoms with Gasteiger partial charge in [0.25, 0.3) is 0 Å². The molecule has 2 unspecified atom stereocenters. The Balaban J connectivity index is 2.27. The molecule has 0 aromatic heterocycles. The van der Waals surface area contributed by atoms with Crippen molar-refractivity contribution < 1.29 is 4.74 Å². The van der Waals surface area contributed by atoms with E-state index in [0.717, 1.165) is 32.7 Å². The molecule has 4 heteroatoms. The molecular weight excluding hydrogens is 202 g/mol. The third-order valence-corrected chi connectivity index (χ3v) is 3.50. The van der Waals surface area contributed by atoms with Crippen molar-refractivity contribution in [1.29, 1.82) is 5.26 Å². The molecule has 1 saturated heterocycles. The summed E-state index contributed by atoms with van der Waals surface area (Å²) in [6, 6.07) is 2.33. The molecular formula is C12H23N3O. The van der Waals surface area contributed by atoms with Gasteiger partial charge in [-0.15, -0.1) is 0 Å². The zero-order chi connectivity index (χ0) is 12.0.